The molecule has 11 heteroatoms. The Morgan fingerprint density at radius 2 is 1.62 bits per heavy atom. The van der Waals surface area contributed by atoms with Crippen molar-refractivity contribution in [1.82, 2.24) is 18.3 Å². The van der Waals surface area contributed by atoms with Crippen LogP contribution in [-0.2, 0) is 27.9 Å². The first-order chi connectivity index (χ1) is 15.3. The molecule has 0 bridgehead atoms. The van der Waals surface area contributed by atoms with Crippen LogP contribution in [0.3, 0.4) is 0 Å². The highest BCUT2D eigenvalue weighted by Crippen LogP contribution is 2.28. The summed E-state index contributed by atoms with van der Waals surface area (Å²) in [5, 5.41) is 0. The average molecular weight is 497 g/mol. The monoisotopic (exact) mass is 496 g/mol. The van der Waals surface area contributed by atoms with Gasteiger partial charge in [0.25, 0.3) is 10.0 Å². The van der Waals surface area contributed by atoms with Gasteiger partial charge in [-0.2, -0.15) is 4.31 Å². The molecule has 0 N–H and O–H groups in total. The third-order valence-electron chi connectivity index (χ3n) is 5.66. The number of thiophene rings is 1. The van der Waals surface area contributed by atoms with E-state index in [4.69, 9.17) is 11.6 Å². The number of sulfonamides is 1. The van der Waals surface area contributed by atoms with Gasteiger partial charge in [0.2, 0.25) is 5.91 Å². The van der Waals surface area contributed by atoms with Crippen molar-refractivity contribution < 1.29 is 13.2 Å². The number of para-hydroxylation sites is 2. The van der Waals surface area contributed by atoms with Gasteiger partial charge in [-0.3, -0.25) is 13.9 Å². The Morgan fingerprint density at radius 1 is 1.00 bits per heavy atom. The summed E-state index contributed by atoms with van der Waals surface area (Å²) in [5.41, 5.74) is 1.59. The Bertz CT molecular complexity index is 1290. The van der Waals surface area contributed by atoms with E-state index in [1.54, 1.807) is 20.1 Å². The topological polar surface area (TPSA) is 84.6 Å². The lowest BCUT2D eigenvalue weighted by Crippen LogP contribution is -2.50. The van der Waals surface area contributed by atoms with Crippen molar-refractivity contribution in [3.05, 3.63) is 51.2 Å². The van der Waals surface area contributed by atoms with Gasteiger partial charge < -0.3 is 4.90 Å². The zero-order valence-electron chi connectivity index (χ0n) is 17.7. The molecule has 2 aromatic heterocycles. The van der Waals surface area contributed by atoms with Gasteiger partial charge in [0.1, 0.15) is 4.21 Å². The van der Waals surface area contributed by atoms with Gasteiger partial charge in [-0.25, -0.2) is 13.2 Å². The van der Waals surface area contributed by atoms with Crippen molar-refractivity contribution in [2.24, 2.45) is 0 Å². The number of imidazole rings is 1. The van der Waals surface area contributed by atoms with E-state index in [0.717, 1.165) is 28.8 Å². The van der Waals surface area contributed by atoms with Crippen molar-refractivity contribution in [2.75, 3.05) is 26.2 Å². The molecule has 1 aromatic carbocycles. The number of rotatable bonds is 7. The van der Waals surface area contributed by atoms with Crippen LogP contribution in [0.25, 0.3) is 11.0 Å². The number of piperazine rings is 1. The Balaban J connectivity index is 1.40. The minimum atomic E-state index is -3.60. The molecule has 1 aliphatic rings. The third-order valence-corrected chi connectivity index (χ3v) is 9.25. The molecule has 3 heterocycles. The second-order valence-electron chi connectivity index (χ2n) is 7.67. The summed E-state index contributed by atoms with van der Waals surface area (Å²) in [5.74, 6) is -0.0829. The Labute approximate surface area is 195 Å². The van der Waals surface area contributed by atoms with Crippen LogP contribution in [0, 0.1) is 0 Å². The maximum Gasteiger partial charge on any atom is 0.329 e. The van der Waals surface area contributed by atoms with Crippen LogP contribution in [0.5, 0.6) is 0 Å². The summed E-state index contributed by atoms with van der Waals surface area (Å²) in [4.78, 5) is 27.3. The average Bonchev–Trinajstić information content (AvgIpc) is 3.35. The quantitative estimate of drug-likeness (QED) is 0.503. The van der Waals surface area contributed by atoms with Crippen LogP contribution in [0.2, 0.25) is 4.34 Å². The number of benzene rings is 1. The van der Waals surface area contributed by atoms with E-state index in [2.05, 4.69) is 0 Å². The van der Waals surface area contributed by atoms with Gasteiger partial charge in [0, 0.05) is 45.7 Å². The predicted molar refractivity (Wildman–Crippen MR) is 126 cm³/mol. The van der Waals surface area contributed by atoms with E-state index in [1.165, 1.54) is 10.4 Å². The van der Waals surface area contributed by atoms with Gasteiger partial charge in [-0.15, -0.1) is 11.3 Å². The first-order valence-electron chi connectivity index (χ1n) is 10.5. The molecular formula is C21H25ClN4O4S2. The Morgan fingerprint density at radius 3 is 2.19 bits per heavy atom. The molecule has 0 aliphatic carbocycles. The molecule has 1 amide bonds. The number of carbonyl (C=O) groups is 1. The van der Waals surface area contributed by atoms with Crippen molar-refractivity contribution in [2.45, 2.75) is 37.1 Å². The number of amides is 1. The molecule has 1 saturated heterocycles. The number of aryl methyl sites for hydroxylation is 2. The van der Waals surface area contributed by atoms with Gasteiger partial charge in [0.15, 0.2) is 0 Å². The van der Waals surface area contributed by atoms with E-state index < -0.39 is 10.0 Å². The molecule has 3 aromatic rings. The second-order valence-corrected chi connectivity index (χ2v) is 11.5. The normalized spacial score (nSPS) is 15.5. The second kappa shape index (κ2) is 9.38. The van der Waals surface area contributed by atoms with E-state index in [-0.39, 0.29) is 35.3 Å². The van der Waals surface area contributed by atoms with Gasteiger partial charge >= 0.3 is 5.69 Å². The molecule has 0 unspecified atom stereocenters. The summed E-state index contributed by atoms with van der Waals surface area (Å²) < 4.78 is 30.9. The smallest absolute Gasteiger partial charge is 0.329 e. The van der Waals surface area contributed by atoms with Crippen LogP contribution in [0.1, 0.15) is 19.8 Å². The lowest BCUT2D eigenvalue weighted by atomic mass is 10.3. The molecule has 1 fully saturated rings. The van der Waals surface area contributed by atoms with Gasteiger partial charge in [-0.05, 0) is 30.7 Å². The third kappa shape index (κ3) is 4.36. The van der Waals surface area contributed by atoms with Gasteiger partial charge in [-0.1, -0.05) is 30.7 Å². The van der Waals surface area contributed by atoms with Crippen molar-refractivity contribution in [3.63, 3.8) is 0 Å². The highest BCUT2D eigenvalue weighted by molar-refractivity contribution is 7.91. The zero-order valence-corrected chi connectivity index (χ0v) is 20.1. The molecule has 1 aliphatic heterocycles. The SMILES string of the molecule is CCCn1c(=O)n(CCC(=O)N2CCN(S(=O)(=O)c3ccc(Cl)s3)CC2)c2ccccc21. The van der Waals surface area contributed by atoms with Crippen LogP contribution in [0.4, 0.5) is 0 Å². The molecule has 8 nitrogen and oxygen atoms in total. The predicted octanol–water partition coefficient (Wildman–Crippen LogP) is 2.85. The van der Waals surface area contributed by atoms with Crippen LogP contribution in [-0.4, -0.2) is 58.8 Å². The Kier molecular flexibility index (Phi) is 6.75. The number of halogens is 1. The fourth-order valence-electron chi connectivity index (χ4n) is 4.04. The first-order valence-corrected chi connectivity index (χ1v) is 13.2. The summed E-state index contributed by atoms with van der Waals surface area (Å²) in [7, 11) is -3.60. The number of nitrogens with zero attached hydrogens (tertiary/aromatic N) is 4. The van der Waals surface area contributed by atoms with Crippen LogP contribution >= 0.6 is 22.9 Å². The molecule has 0 saturated carbocycles. The van der Waals surface area contributed by atoms with Crippen LogP contribution in [0.15, 0.2) is 45.4 Å². The zero-order chi connectivity index (χ0) is 22.9. The van der Waals surface area contributed by atoms with Crippen molar-refractivity contribution >= 4 is 49.9 Å². The number of hydrogen-bond donors (Lipinski definition) is 0. The lowest BCUT2D eigenvalue weighted by Gasteiger charge is -2.33. The van der Waals surface area contributed by atoms with E-state index >= 15 is 0 Å². The fourth-order valence-corrected chi connectivity index (χ4v) is 7.09. The van der Waals surface area contributed by atoms with Crippen molar-refractivity contribution in [3.8, 4) is 0 Å². The standard InChI is InChI=1S/C21H25ClN4O4S2/c1-2-10-25-16-5-3-4-6-17(16)26(21(25)28)11-9-19(27)23-12-14-24(15-13-23)32(29,30)20-8-7-18(22)31-20/h3-8H,2,9-15H2,1H3. The number of hydrogen-bond acceptors (Lipinski definition) is 5. The summed E-state index contributed by atoms with van der Waals surface area (Å²) in [6, 6.07) is 10.7. The molecular weight excluding hydrogens is 472 g/mol. The minimum Gasteiger partial charge on any atom is -0.340 e. The molecule has 0 radical (unpaired) electrons. The molecule has 32 heavy (non-hydrogen) atoms. The summed E-state index contributed by atoms with van der Waals surface area (Å²) in [6.07, 6.45) is 1.03. The first kappa shape index (κ1) is 23.0. The molecule has 4 rings (SSSR count). The molecule has 0 atom stereocenters. The van der Waals surface area contributed by atoms with Crippen molar-refractivity contribution in [1.29, 1.82) is 0 Å². The maximum atomic E-state index is 12.9. The minimum absolute atomic E-state index is 0.0829. The largest absolute Gasteiger partial charge is 0.340 e. The number of aromatic nitrogens is 2. The van der Waals surface area contributed by atoms with E-state index in [9.17, 15) is 18.0 Å². The summed E-state index contributed by atoms with van der Waals surface area (Å²) >= 11 is 6.91. The highest BCUT2D eigenvalue weighted by Gasteiger charge is 2.31. The number of fused-ring (bicyclic) bond motifs is 1. The molecule has 172 valence electrons. The van der Waals surface area contributed by atoms with E-state index in [1.807, 2.05) is 31.2 Å². The lowest BCUT2D eigenvalue weighted by molar-refractivity contribution is -0.132. The number of carbonyl (C=O) groups excluding carboxylic acids is 1. The fraction of sp³-hybridized carbons (Fsp3) is 0.429. The molecule has 0 spiro atoms. The van der Waals surface area contributed by atoms with E-state index in [0.29, 0.717) is 30.5 Å². The Hall–Kier alpha value is -2.14. The van der Waals surface area contributed by atoms with Crippen LogP contribution < -0.4 is 5.69 Å². The maximum absolute atomic E-state index is 12.9. The van der Waals surface area contributed by atoms with Gasteiger partial charge in [0.05, 0.1) is 15.4 Å². The summed E-state index contributed by atoms with van der Waals surface area (Å²) in [6.45, 7) is 4.06. The highest BCUT2D eigenvalue weighted by atomic mass is 35.5.